The molecule has 0 saturated heterocycles. The van der Waals surface area contributed by atoms with Gasteiger partial charge in [0.2, 0.25) is 0 Å². The van der Waals surface area contributed by atoms with E-state index in [1.807, 2.05) is 0 Å². The number of fused-ring (bicyclic) bond motifs is 1. The molecule has 0 spiro atoms. The third-order valence-electron chi connectivity index (χ3n) is 5.28. The highest BCUT2D eigenvalue weighted by Crippen LogP contribution is 2.35. The van der Waals surface area contributed by atoms with Crippen LogP contribution in [0.2, 0.25) is 0 Å². The van der Waals surface area contributed by atoms with Crippen LogP contribution < -0.4 is 14.3 Å². The SMILES string of the molecule is CCc1cc2c(c(NC(=O)NS(=O)(=O)N(C)c3ccccc3)c1CC)CCC2. The summed E-state index contributed by atoms with van der Waals surface area (Å²) in [4.78, 5) is 12.6. The van der Waals surface area contributed by atoms with Crippen LogP contribution in [-0.2, 0) is 35.9 Å². The highest BCUT2D eigenvalue weighted by molar-refractivity contribution is 7.91. The molecule has 150 valence electrons. The number of urea groups is 1. The molecule has 0 radical (unpaired) electrons. The number of anilines is 2. The van der Waals surface area contributed by atoms with Crippen LogP contribution in [0.1, 0.15) is 42.5 Å². The lowest BCUT2D eigenvalue weighted by Gasteiger charge is -2.22. The summed E-state index contributed by atoms with van der Waals surface area (Å²) in [6.07, 6.45) is 4.61. The monoisotopic (exact) mass is 401 g/mol. The minimum absolute atomic E-state index is 0.478. The lowest BCUT2D eigenvalue weighted by molar-refractivity contribution is 0.256. The number of hydrogen-bond donors (Lipinski definition) is 2. The molecule has 6 nitrogen and oxygen atoms in total. The molecule has 3 rings (SSSR count). The quantitative estimate of drug-likeness (QED) is 0.773. The van der Waals surface area contributed by atoms with Crippen molar-refractivity contribution < 1.29 is 13.2 Å². The molecule has 1 aliphatic rings. The van der Waals surface area contributed by atoms with Crippen LogP contribution in [0.3, 0.4) is 0 Å². The Balaban J connectivity index is 1.85. The van der Waals surface area contributed by atoms with Crippen LogP contribution >= 0.6 is 0 Å². The molecule has 0 atom stereocenters. The molecule has 2 aromatic carbocycles. The van der Waals surface area contributed by atoms with Crippen molar-refractivity contribution in [1.82, 2.24) is 4.72 Å². The fourth-order valence-corrected chi connectivity index (χ4v) is 4.65. The summed E-state index contributed by atoms with van der Waals surface area (Å²) in [6.45, 7) is 4.15. The van der Waals surface area contributed by atoms with E-state index in [-0.39, 0.29) is 0 Å². The van der Waals surface area contributed by atoms with Crippen molar-refractivity contribution in [2.45, 2.75) is 46.0 Å². The van der Waals surface area contributed by atoms with Crippen LogP contribution in [0.4, 0.5) is 16.2 Å². The molecule has 28 heavy (non-hydrogen) atoms. The molecule has 0 bridgehead atoms. The Morgan fingerprint density at radius 2 is 1.82 bits per heavy atom. The second-order valence-electron chi connectivity index (χ2n) is 6.95. The van der Waals surface area contributed by atoms with E-state index >= 15 is 0 Å². The molecule has 0 aromatic heterocycles. The van der Waals surface area contributed by atoms with Crippen molar-refractivity contribution in [1.29, 1.82) is 0 Å². The van der Waals surface area contributed by atoms with Crippen molar-refractivity contribution in [2.24, 2.45) is 0 Å². The number of carbonyl (C=O) groups is 1. The summed E-state index contributed by atoms with van der Waals surface area (Å²) in [7, 11) is -2.60. The van der Waals surface area contributed by atoms with Gasteiger partial charge in [-0.1, -0.05) is 38.1 Å². The Bertz CT molecular complexity index is 972. The minimum Gasteiger partial charge on any atom is -0.307 e. The van der Waals surface area contributed by atoms with Gasteiger partial charge in [-0.25, -0.2) is 9.52 Å². The van der Waals surface area contributed by atoms with E-state index < -0.39 is 16.2 Å². The topological polar surface area (TPSA) is 78.5 Å². The van der Waals surface area contributed by atoms with E-state index in [1.54, 1.807) is 30.3 Å². The first-order chi connectivity index (χ1) is 13.4. The maximum Gasteiger partial charge on any atom is 0.334 e. The third kappa shape index (κ3) is 3.99. The Morgan fingerprint density at radius 3 is 2.46 bits per heavy atom. The standard InChI is InChI=1S/C21H27N3O3S/c1-4-15-14-16-10-9-13-19(16)20(18(15)5-2)22-21(25)23-28(26,27)24(3)17-11-7-6-8-12-17/h6-8,11-12,14H,4-5,9-10,13H2,1-3H3,(H2,22,23,25). The fraction of sp³-hybridized carbons (Fsp3) is 0.381. The maximum atomic E-state index is 12.6. The zero-order valence-corrected chi connectivity index (χ0v) is 17.4. The third-order valence-corrected chi connectivity index (χ3v) is 6.65. The van der Waals surface area contributed by atoms with Crippen LogP contribution in [-0.4, -0.2) is 21.5 Å². The molecule has 2 amide bonds. The number of rotatable bonds is 6. The molecule has 0 fully saturated rings. The van der Waals surface area contributed by atoms with Gasteiger partial charge >= 0.3 is 16.2 Å². The van der Waals surface area contributed by atoms with Gasteiger partial charge in [-0.2, -0.15) is 8.42 Å². The van der Waals surface area contributed by atoms with Crippen molar-refractivity contribution in [2.75, 3.05) is 16.7 Å². The Morgan fingerprint density at radius 1 is 1.11 bits per heavy atom. The van der Waals surface area contributed by atoms with Gasteiger partial charge in [0.15, 0.2) is 0 Å². The van der Waals surface area contributed by atoms with Crippen LogP contribution in [0.25, 0.3) is 0 Å². The van der Waals surface area contributed by atoms with Gasteiger partial charge in [-0.3, -0.25) is 4.31 Å². The molecule has 2 aromatic rings. The first-order valence-electron chi connectivity index (χ1n) is 9.66. The molecule has 0 aliphatic heterocycles. The lowest BCUT2D eigenvalue weighted by Crippen LogP contribution is -2.43. The Hall–Kier alpha value is -2.54. The van der Waals surface area contributed by atoms with E-state index in [9.17, 15) is 13.2 Å². The normalized spacial score (nSPS) is 13.1. The summed E-state index contributed by atoms with van der Waals surface area (Å²) in [5.74, 6) is 0. The summed E-state index contributed by atoms with van der Waals surface area (Å²) >= 11 is 0. The predicted octanol–water partition coefficient (Wildman–Crippen LogP) is 3.80. The van der Waals surface area contributed by atoms with Gasteiger partial charge in [0.25, 0.3) is 0 Å². The summed E-state index contributed by atoms with van der Waals surface area (Å²) in [5, 5.41) is 2.84. The van der Waals surface area contributed by atoms with E-state index in [0.29, 0.717) is 5.69 Å². The number of amides is 2. The average molecular weight is 402 g/mol. The first kappa shape index (κ1) is 20.2. The van der Waals surface area contributed by atoms with E-state index in [4.69, 9.17) is 0 Å². The maximum absolute atomic E-state index is 12.6. The van der Waals surface area contributed by atoms with Crippen molar-refractivity contribution >= 4 is 27.6 Å². The largest absolute Gasteiger partial charge is 0.334 e. The van der Waals surface area contributed by atoms with Crippen LogP contribution in [0.5, 0.6) is 0 Å². The molecule has 7 heteroatoms. The van der Waals surface area contributed by atoms with Crippen molar-refractivity contribution in [3.05, 3.63) is 58.7 Å². The zero-order valence-electron chi connectivity index (χ0n) is 16.6. The highest BCUT2D eigenvalue weighted by Gasteiger charge is 2.25. The van der Waals surface area contributed by atoms with E-state index in [2.05, 4.69) is 30.0 Å². The number of carbonyl (C=O) groups excluding carboxylic acids is 1. The summed E-state index contributed by atoms with van der Waals surface area (Å²) in [6, 6.07) is 10.1. The van der Waals surface area contributed by atoms with Crippen LogP contribution in [0, 0.1) is 0 Å². The smallest absolute Gasteiger partial charge is 0.307 e. The average Bonchev–Trinajstić information content (AvgIpc) is 3.15. The number of benzene rings is 2. The molecule has 0 heterocycles. The van der Waals surface area contributed by atoms with Crippen molar-refractivity contribution in [3.8, 4) is 0 Å². The zero-order chi connectivity index (χ0) is 20.3. The first-order valence-corrected chi connectivity index (χ1v) is 11.1. The second kappa shape index (κ2) is 8.22. The number of aryl methyl sites for hydroxylation is 2. The summed E-state index contributed by atoms with van der Waals surface area (Å²) < 4.78 is 28.4. The minimum atomic E-state index is -4.01. The Labute approximate surface area is 167 Å². The number of hydrogen-bond acceptors (Lipinski definition) is 3. The molecule has 2 N–H and O–H groups in total. The van der Waals surface area contributed by atoms with Gasteiger partial charge in [0.1, 0.15) is 0 Å². The Kier molecular flexibility index (Phi) is 5.93. The van der Waals surface area contributed by atoms with Gasteiger partial charge < -0.3 is 5.32 Å². The molecule has 1 aliphatic carbocycles. The van der Waals surface area contributed by atoms with Gasteiger partial charge in [-0.15, -0.1) is 0 Å². The molecular weight excluding hydrogens is 374 g/mol. The molecule has 0 unspecified atom stereocenters. The molecular formula is C21H27N3O3S. The number of nitrogens with one attached hydrogen (secondary N) is 2. The van der Waals surface area contributed by atoms with E-state index in [1.165, 1.54) is 18.2 Å². The van der Waals surface area contributed by atoms with E-state index in [0.717, 1.165) is 53.2 Å². The highest BCUT2D eigenvalue weighted by atomic mass is 32.2. The van der Waals surface area contributed by atoms with Gasteiger partial charge in [0, 0.05) is 12.7 Å². The van der Waals surface area contributed by atoms with Crippen molar-refractivity contribution in [3.63, 3.8) is 0 Å². The van der Waals surface area contributed by atoms with Gasteiger partial charge in [-0.05, 0) is 66.5 Å². The number of nitrogens with zero attached hydrogens (tertiary/aromatic N) is 1. The predicted molar refractivity (Wildman–Crippen MR) is 113 cm³/mol. The molecule has 0 saturated carbocycles. The lowest BCUT2D eigenvalue weighted by atomic mass is 9.94. The summed E-state index contributed by atoms with van der Waals surface area (Å²) in [5.41, 5.74) is 5.96. The number of para-hydroxylation sites is 1. The fourth-order valence-electron chi connectivity index (χ4n) is 3.82. The van der Waals surface area contributed by atoms with Gasteiger partial charge in [0.05, 0.1) is 5.69 Å². The second-order valence-corrected chi connectivity index (χ2v) is 8.65. The van der Waals surface area contributed by atoms with Crippen LogP contribution in [0.15, 0.2) is 36.4 Å².